The van der Waals surface area contributed by atoms with Gasteiger partial charge in [-0.1, -0.05) is 37.3 Å². The number of aryl methyl sites for hydroxylation is 1. The second-order valence-corrected chi connectivity index (χ2v) is 9.28. The smallest absolute Gasteiger partial charge is 0.350 e. The molecule has 170 valence electrons. The van der Waals surface area contributed by atoms with Gasteiger partial charge in [-0.2, -0.15) is 13.2 Å². The first-order chi connectivity index (χ1) is 14.4. The quantitative estimate of drug-likeness (QED) is 0.595. The summed E-state index contributed by atoms with van der Waals surface area (Å²) in [4.78, 5) is 12.3. The molecule has 1 atom stereocenters. The highest BCUT2D eigenvalue weighted by Crippen LogP contribution is 2.32. The Morgan fingerprint density at radius 2 is 1.77 bits per heavy atom. The molecule has 5 nitrogen and oxygen atoms in total. The van der Waals surface area contributed by atoms with Crippen LogP contribution in [0.2, 0.25) is 0 Å². The van der Waals surface area contributed by atoms with Crippen LogP contribution in [0.25, 0.3) is 0 Å². The third-order valence-electron chi connectivity index (χ3n) is 4.89. The minimum absolute atomic E-state index is 0.0440. The lowest BCUT2D eigenvalue weighted by Crippen LogP contribution is -2.32. The second kappa shape index (κ2) is 10.2. The number of amides is 1. The average molecular weight is 457 g/mol. The highest BCUT2D eigenvalue weighted by molar-refractivity contribution is 7.92. The normalized spacial score (nSPS) is 13.0. The first-order valence-electron chi connectivity index (χ1n) is 9.95. The molecular weight excluding hydrogens is 429 g/mol. The van der Waals surface area contributed by atoms with Crippen LogP contribution in [0.3, 0.4) is 0 Å². The number of nitrogens with one attached hydrogen (secondary N) is 1. The van der Waals surface area contributed by atoms with Gasteiger partial charge in [0.25, 0.3) is 0 Å². The maximum atomic E-state index is 13.0. The van der Waals surface area contributed by atoms with Crippen LogP contribution in [0.4, 0.5) is 18.9 Å². The zero-order valence-electron chi connectivity index (χ0n) is 17.7. The number of hydrogen-bond acceptors (Lipinski definition) is 3. The van der Waals surface area contributed by atoms with Crippen molar-refractivity contribution in [3.63, 3.8) is 0 Å². The average Bonchev–Trinajstić information content (AvgIpc) is 2.69. The van der Waals surface area contributed by atoms with E-state index in [-0.39, 0.29) is 37.0 Å². The van der Waals surface area contributed by atoms with E-state index in [9.17, 15) is 26.4 Å². The van der Waals surface area contributed by atoms with Crippen LogP contribution < -0.4 is 9.62 Å². The van der Waals surface area contributed by atoms with Crippen molar-refractivity contribution in [2.24, 2.45) is 0 Å². The number of anilines is 1. The van der Waals surface area contributed by atoms with Gasteiger partial charge in [0.05, 0.1) is 23.5 Å². The monoisotopic (exact) mass is 456 g/mol. The minimum atomic E-state index is -4.58. The van der Waals surface area contributed by atoms with E-state index in [4.69, 9.17) is 0 Å². The largest absolute Gasteiger partial charge is 0.416 e. The van der Waals surface area contributed by atoms with E-state index in [2.05, 4.69) is 12.2 Å². The van der Waals surface area contributed by atoms with Crippen molar-refractivity contribution in [3.8, 4) is 0 Å². The molecule has 0 saturated heterocycles. The van der Waals surface area contributed by atoms with Crippen molar-refractivity contribution in [1.82, 2.24) is 5.32 Å². The molecule has 0 heterocycles. The van der Waals surface area contributed by atoms with Crippen LogP contribution >= 0.6 is 0 Å². The maximum Gasteiger partial charge on any atom is 0.416 e. The predicted octanol–water partition coefficient (Wildman–Crippen LogP) is 4.69. The zero-order valence-corrected chi connectivity index (χ0v) is 18.6. The van der Waals surface area contributed by atoms with Crippen LogP contribution in [0.15, 0.2) is 48.5 Å². The third-order valence-corrected chi connectivity index (χ3v) is 6.09. The third kappa shape index (κ3) is 7.27. The van der Waals surface area contributed by atoms with Crippen LogP contribution in [0.5, 0.6) is 0 Å². The van der Waals surface area contributed by atoms with Crippen molar-refractivity contribution in [3.05, 3.63) is 65.2 Å². The fourth-order valence-electron chi connectivity index (χ4n) is 3.15. The number of sulfonamides is 1. The summed E-state index contributed by atoms with van der Waals surface area (Å²) < 4.78 is 64.1. The summed E-state index contributed by atoms with van der Waals surface area (Å²) in [5.41, 5.74) is 1.13. The number of alkyl halides is 3. The van der Waals surface area contributed by atoms with Gasteiger partial charge in [0.15, 0.2) is 0 Å². The maximum absolute atomic E-state index is 13.0. The molecule has 0 radical (unpaired) electrons. The Morgan fingerprint density at radius 1 is 1.13 bits per heavy atom. The number of carbonyl (C=O) groups excluding carboxylic acids is 1. The van der Waals surface area contributed by atoms with Crippen LogP contribution in [-0.4, -0.2) is 27.1 Å². The molecule has 2 aromatic carbocycles. The van der Waals surface area contributed by atoms with Gasteiger partial charge in [0.2, 0.25) is 15.9 Å². The molecule has 0 aliphatic carbocycles. The van der Waals surface area contributed by atoms with Crippen molar-refractivity contribution in [2.75, 3.05) is 17.1 Å². The Balaban J connectivity index is 1.99. The molecule has 1 N–H and O–H groups in total. The number of carbonyl (C=O) groups is 1. The molecule has 1 amide bonds. The molecular formula is C22H27F3N2O3S. The Kier molecular flexibility index (Phi) is 8.11. The molecule has 31 heavy (non-hydrogen) atoms. The standard InChI is InChI=1S/C22H27F3N2O3S/c1-4-17-10-12-18(13-11-17)16(2)26-21(28)9-6-14-27(31(3,29)30)20-8-5-7-19(15-20)22(23,24)25/h5,7-8,10-13,15-16H,4,6,9,14H2,1-3H3,(H,26,28). The molecule has 0 saturated carbocycles. The van der Waals surface area contributed by atoms with Crippen LogP contribution in [-0.2, 0) is 27.4 Å². The van der Waals surface area contributed by atoms with Gasteiger partial charge in [0, 0.05) is 13.0 Å². The van der Waals surface area contributed by atoms with E-state index in [1.807, 2.05) is 31.2 Å². The molecule has 0 aliphatic heterocycles. The first kappa shape index (κ1) is 24.7. The Hall–Kier alpha value is -2.55. The van der Waals surface area contributed by atoms with E-state index in [0.29, 0.717) is 0 Å². The summed E-state index contributed by atoms with van der Waals surface area (Å²) in [6.45, 7) is 3.80. The van der Waals surface area contributed by atoms with Crippen LogP contribution in [0.1, 0.15) is 49.4 Å². The van der Waals surface area contributed by atoms with Crippen molar-refractivity contribution >= 4 is 21.6 Å². The van der Waals surface area contributed by atoms with E-state index >= 15 is 0 Å². The summed E-state index contributed by atoms with van der Waals surface area (Å²) >= 11 is 0. The van der Waals surface area contributed by atoms with Crippen molar-refractivity contribution in [1.29, 1.82) is 0 Å². The summed E-state index contributed by atoms with van der Waals surface area (Å²) in [6, 6.07) is 11.8. The Bertz CT molecular complexity index is 990. The lowest BCUT2D eigenvalue weighted by molar-refractivity contribution is -0.137. The summed E-state index contributed by atoms with van der Waals surface area (Å²) in [5.74, 6) is -0.260. The van der Waals surface area contributed by atoms with Gasteiger partial charge in [0.1, 0.15) is 0 Å². The summed E-state index contributed by atoms with van der Waals surface area (Å²) in [5, 5.41) is 2.86. The lowest BCUT2D eigenvalue weighted by Gasteiger charge is -2.23. The number of rotatable bonds is 9. The van der Waals surface area contributed by atoms with Gasteiger partial charge >= 0.3 is 6.18 Å². The topological polar surface area (TPSA) is 66.5 Å². The molecule has 0 aromatic heterocycles. The number of hydrogen-bond donors (Lipinski definition) is 1. The summed E-state index contributed by atoms with van der Waals surface area (Å²) in [7, 11) is -3.82. The van der Waals surface area contributed by atoms with E-state index in [0.717, 1.165) is 40.7 Å². The van der Waals surface area contributed by atoms with Gasteiger partial charge in [-0.3, -0.25) is 9.10 Å². The van der Waals surface area contributed by atoms with E-state index in [1.165, 1.54) is 11.6 Å². The van der Waals surface area contributed by atoms with E-state index in [1.54, 1.807) is 0 Å². The van der Waals surface area contributed by atoms with Crippen molar-refractivity contribution < 1.29 is 26.4 Å². The van der Waals surface area contributed by atoms with Gasteiger partial charge < -0.3 is 5.32 Å². The number of benzene rings is 2. The lowest BCUT2D eigenvalue weighted by atomic mass is 10.0. The second-order valence-electron chi connectivity index (χ2n) is 7.37. The van der Waals surface area contributed by atoms with Crippen LogP contribution in [0, 0.1) is 0 Å². The molecule has 0 bridgehead atoms. The number of halogens is 3. The molecule has 2 aromatic rings. The first-order valence-corrected chi connectivity index (χ1v) is 11.8. The van der Waals surface area contributed by atoms with Crippen molar-refractivity contribution in [2.45, 2.75) is 45.3 Å². The van der Waals surface area contributed by atoms with Gasteiger partial charge in [-0.05, 0) is 49.1 Å². The number of nitrogens with zero attached hydrogens (tertiary/aromatic N) is 1. The molecule has 0 fully saturated rings. The Labute approximate surface area is 181 Å². The highest BCUT2D eigenvalue weighted by atomic mass is 32.2. The van der Waals surface area contributed by atoms with E-state index < -0.39 is 21.8 Å². The highest BCUT2D eigenvalue weighted by Gasteiger charge is 2.31. The molecule has 0 spiro atoms. The van der Waals surface area contributed by atoms with Gasteiger partial charge in [-0.15, -0.1) is 0 Å². The molecule has 9 heteroatoms. The Morgan fingerprint density at radius 3 is 2.32 bits per heavy atom. The fraction of sp³-hybridized carbons (Fsp3) is 0.409. The molecule has 0 aliphatic rings. The fourth-order valence-corrected chi connectivity index (χ4v) is 4.10. The van der Waals surface area contributed by atoms with Gasteiger partial charge in [-0.25, -0.2) is 8.42 Å². The summed E-state index contributed by atoms with van der Waals surface area (Å²) in [6.07, 6.45) is -2.53. The predicted molar refractivity (Wildman–Crippen MR) is 115 cm³/mol. The molecule has 1 unspecified atom stereocenters. The molecule has 2 rings (SSSR count). The SMILES string of the molecule is CCc1ccc(C(C)NC(=O)CCCN(c2cccc(C(F)(F)F)c2)S(C)(=O)=O)cc1. The zero-order chi connectivity index (χ0) is 23.2. The minimum Gasteiger partial charge on any atom is -0.350 e.